The topological polar surface area (TPSA) is 21.3 Å². The molecule has 1 aromatic rings. The molecule has 0 unspecified atom stereocenters. The highest BCUT2D eigenvalue weighted by molar-refractivity contribution is 9.10. The lowest BCUT2D eigenvalue weighted by Gasteiger charge is -2.26. The molecule has 3 heteroatoms. The number of fused-ring (bicyclic) bond motifs is 1. The summed E-state index contributed by atoms with van der Waals surface area (Å²) in [6.07, 6.45) is 3.28. The lowest BCUT2D eigenvalue weighted by atomic mass is 9.82. The first-order valence-corrected chi connectivity index (χ1v) is 8.34. The zero-order valence-electron chi connectivity index (χ0n) is 13.1. The van der Waals surface area contributed by atoms with Gasteiger partial charge >= 0.3 is 0 Å². The second-order valence-electron chi connectivity index (χ2n) is 6.85. The van der Waals surface area contributed by atoms with Gasteiger partial charge < -0.3 is 10.1 Å². The number of halogens is 1. The summed E-state index contributed by atoms with van der Waals surface area (Å²) in [7, 11) is 0. The van der Waals surface area contributed by atoms with Crippen LogP contribution in [0.2, 0.25) is 0 Å². The lowest BCUT2D eigenvalue weighted by Crippen LogP contribution is -2.28. The van der Waals surface area contributed by atoms with Gasteiger partial charge in [-0.25, -0.2) is 0 Å². The Labute approximate surface area is 131 Å². The number of nitrogens with one attached hydrogen (secondary N) is 1. The Morgan fingerprint density at radius 2 is 2.10 bits per heavy atom. The number of benzene rings is 1. The number of hydrogen-bond acceptors (Lipinski definition) is 2. The van der Waals surface area contributed by atoms with Gasteiger partial charge in [-0.3, -0.25) is 0 Å². The molecule has 1 aliphatic heterocycles. The maximum atomic E-state index is 5.84. The van der Waals surface area contributed by atoms with Crippen LogP contribution in [0.15, 0.2) is 16.6 Å². The first kappa shape index (κ1) is 15.8. The minimum absolute atomic E-state index is 0.280. The molecule has 0 saturated carbocycles. The van der Waals surface area contributed by atoms with Crippen LogP contribution in [-0.2, 0) is 12.8 Å². The molecular weight excluding hydrogens is 314 g/mol. The summed E-state index contributed by atoms with van der Waals surface area (Å²) in [6, 6.07) is 4.98. The summed E-state index contributed by atoms with van der Waals surface area (Å²) < 4.78 is 7.01. The van der Waals surface area contributed by atoms with E-state index in [1.54, 1.807) is 0 Å². The number of hydrogen-bond donors (Lipinski definition) is 1. The maximum Gasteiger partial charge on any atom is 0.125 e. The maximum absolute atomic E-state index is 5.84. The molecule has 1 N–H and O–H groups in total. The van der Waals surface area contributed by atoms with Gasteiger partial charge in [-0.15, -0.1) is 0 Å². The van der Waals surface area contributed by atoms with E-state index in [4.69, 9.17) is 4.74 Å². The van der Waals surface area contributed by atoms with Crippen molar-refractivity contribution in [3.05, 3.63) is 27.7 Å². The molecule has 2 nitrogen and oxygen atoms in total. The van der Waals surface area contributed by atoms with Crippen molar-refractivity contribution in [2.24, 2.45) is 5.41 Å². The smallest absolute Gasteiger partial charge is 0.125 e. The van der Waals surface area contributed by atoms with E-state index in [-0.39, 0.29) is 5.41 Å². The van der Waals surface area contributed by atoms with Crippen molar-refractivity contribution < 1.29 is 4.74 Å². The predicted octanol–water partition coefficient (Wildman–Crippen LogP) is 4.34. The zero-order valence-corrected chi connectivity index (χ0v) is 14.6. The summed E-state index contributed by atoms with van der Waals surface area (Å²) in [5.74, 6) is 1.14. The minimum atomic E-state index is 0.280. The standard InChI is InChI=1S/C17H26BrNO/c1-12(2)19-7-6-17(3,4)11-14-10-15(18)9-13-5-8-20-16(13)14/h9-10,12,19H,5-8,11H2,1-4H3. The number of ether oxygens (including phenoxy) is 1. The van der Waals surface area contributed by atoms with E-state index in [9.17, 15) is 0 Å². The Balaban J connectivity index is 2.05. The van der Waals surface area contributed by atoms with Crippen LogP contribution in [0.3, 0.4) is 0 Å². The fraction of sp³-hybridized carbons (Fsp3) is 0.647. The van der Waals surface area contributed by atoms with Crippen molar-refractivity contribution in [1.29, 1.82) is 0 Å². The molecule has 0 saturated heterocycles. The average Bonchev–Trinajstić information content (AvgIpc) is 2.75. The van der Waals surface area contributed by atoms with E-state index in [1.165, 1.54) is 22.0 Å². The largest absolute Gasteiger partial charge is 0.493 e. The molecule has 0 atom stereocenters. The molecule has 0 radical (unpaired) electrons. The Morgan fingerprint density at radius 1 is 1.35 bits per heavy atom. The summed E-state index contributed by atoms with van der Waals surface area (Å²) >= 11 is 3.63. The molecule has 0 fully saturated rings. The van der Waals surface area contributed by atoms with E-state index >= 15 is 0 Å². The highest BCUT2D eigenvalue weighted by Gasteiger charge is 2.24. The van der Waals surface area contributed by atoms with Crippen LogP contribution in [0.25, 0.3) is 0 Å². The van der Waals surface area contributed by atoms with Gasteiger partial charge in [0.15, 0.2) is 0 Å². The van der Waals surface area contributed by atoms with Crippen molar-refractivity contribution in [1.82, 2.24) is 5.32 Å². The van der Waals surface area contributed by atoms with Gasteiger partial charge in [-0.1, -0.05) is 43.6 Å². The summed E-state index contributed by atoms with van der Waals surface area (Å²) in [6.45, 7) is 11.0. The van der Waals surface area contributed by atoms with Crippen LogP contribution in [0.1, 0.15) is 45.2 Å². The molecule has 20 heavy (non-hydrogen) atoms. The molecule has 0 aliphatic carbocycles. The quantitative estimate of drug-likeness (QED) is 0.832. The third-order valence-electron chi connectivity index (χ3n) is 3.85. The summed E-state index contributed by atoms with van der Waals surface area (Å²) in [4.78, 5) is 0. The highest BCUT2D eigenvalue weighted by atomic mass is 79.9. The molecule has 1 heterocycles. The van der Waals surface area contributed by atoms with Crippen molar-refractivity contribution in [3.63, 3.8) is 0 Å². The normalized spacial score (nSPS) is 14.5. The molecule has 1 aromatic carbocycles. The molecule has 112 valence electrons. The third kappa shape index (κ3) is 4.23. The molecule has 0 spiro atoms. The van der Waals surface area contributed by atoms with Crippen LogP contribution in [-0.4, -0.2) is 19.2 Å². The molecular formula is C17H26BrNO. The monoisotopic (exact) mass is 339 g/mol. The van der Waals surface area contributed by atoms with Gasteiger partial charge in [0.1, 0.15) is 5.75 Å². The highest BCUT2D eigenvalue weighted by Crippen LogP contribution is 2.37. The molecule has 0 aromatic heterocycles. The average molecular weight is 340 g/mol. The van der Waals surface area contributed by atoms with Gasteiger partial charge in [0.25, 0.3) is 0 Å². The van der Waals surface area contributed by atoms with Crippen LogP contribution in [0, 0.1) is 5.41 Å². The molecule has 0 bridgehead atoms. The summed E-state index contributed by atoms with van der Waals surface area (Å²) in [5, 5.41) is 3.51. The Kier molecular flexibility index (Phi) is 5.14. The van der Waals surface area contributed by atoms with E-state index in [1.807, 2.05) is 0 Å². The van der Waals surface area contributed by atoms with Crippen molar-refractivity contribution in [3.8, 4) is 5.75 Å². The Morgan fingerprint density at radius 3 is 2.80 bits per heavy atom. The van der Waals surface area contributed by atoms with Gasteiger partial charge in [-0.2, -0.15) is 0 Å². The first-order chi connectivity index (χ1) is 9.37. The molecule has 1 aliphatic rings. The van der Waals surface area contributed by atoms with Gasteiger partial charge in [0, 0.05) is 16.9 Å². The first-order valence-electron chi connectivity index (χ1n) is 7.55. The SMILES string of the molecule is CC(C)NCCC(C)(C)Cc1cc(Br)cc2c1OCC2. The van der Waals surface area contributed by atoms with E-state index in [0.717, 1.165) is 31.7 Å². The van der Waals surface area contributed by atoms with Gasteiger partial charge in [-0.05, 0) is 48.1 Å². The van der Waals surface area contributed by atoms with Crippen LogP contribution in [0.5, 0.6) is 5.75 Å². The van der Waals surface area contributed by atoms with E-state index in [0.29, 0.717) is 6.04 Å². The predicted molar refractivity (Wildman–Crippen MR) is 88.6 cm³/mol. The summed E-state index contributed by atoms with van der Waals surface area (Å²) in [5.41, 5.74) is 2.98. The Hall–Kier alpha value is -0.540. The molecule has 2 rings (SSSR count). The third-order valence-corrected chi connectivity index (χ3v) is 4.31. The lowest BCUT2D eigenvalue weighted by molar-refractivity contribution is 0.308. The van der Waals surface area contributed by atoms with Crippen molar-refractivity contribution in [2.45, 2.75) is 53.0 Å². The van der Waals surface area contributed by atoms with E-state index in [2.05, 4.69) is 61.1 Å². The van der Waals surface area contributed by atoms with E-state index < -0.39 is 0 Å². The zero-order chi connectivity index (χ0) is 14.8. The van der Waals surface area contributed by atoms with Gasteiger partial charge in [0.05, 0.1) is 6.61 Å². The second-order valence-corrected chi connectivity index (χ2v) is 7.77. The fourth-order valence-corrected chi connectivity index (χ4v) is 3.33. The second kappa shape index (κ2) is 6.48. The minimum Gasteiger partial charge on any atom is -0.493 e. The van der Waals surface area contributed by atoms with Gasteiger partial charge in [0.2, 0.25) is 0 Å². The number of rotatable bonds is 6. The van der Waals surface area contributed by atoms with Crippen molar-refractivity contribution >= 4 is 15.9 Å². The van der Waals surface area contributed by atoms with Crippen molar-refractivity contribution in [2.75, 3.05) is 13.2 Å². The van der Waals surface area contributed by atoms with Crippen LogP contribution < -0.4 is 10.1 Å². The Bertz CT molecular complexity index is 468. The fourth-order valence-electron chi connectivity index (χ4n) is 2.78. The van der Waals surface area contributed by atoms with Crippen LogP contribution >= 0.6 is 15.9 Å². The molecule has 0 amide bonds. The van der Waals surface area contributed by atoms with Crippen LogP contribution in [0.4, 0.5) is 0 Å².